The predicted octanol–water partition coefficient (Wildman–Crippen LogP) is 3.87. The van der Waals surface area contributed by atoms with Crippen LogP contribution in [0.5, 0.6) is 0 Å². The highest BCUT2D eigenvalue weighted by atomic mass is 32.1. The van der Waals surface area contributed by atoms with Crippen LogP contribution in [-0.4, -0.2) is 42.5 Å². The summed E-state index contributed by atoms with van der Waals surface area (Å²) in [5, 5.41) is 8.57. The number of aryl methyl sites for hydroxylation is 1. The number of benzene rings is 1. The van der Waals surface area contributed by atoms with Gasteiger partial charge in [-0.1, -0.05) is 12.1 Å². The Labute approximate surface area is 181 Å². The number of amides is 1. The molecule has 2 aromatic heterocycles. The quantitative estimate of drug-likeness (QED) is 0.561. The first-order chi connectivity index (χ1) is 14.5. The Kier molecular flexibility index (Phi) is 6.20. The summed E-state index contributed by atoms with van der Waals surface area (Å²) in [6, 6.07) is 10.0. The lowest BCUT2D eigenvalue weighted by atomic mass is 9.97. The summed E-state index contributed by atoms with van der Waals surface area (Å²) in [6.07, 6.45) is 4.11. The van der Waals surface area contributed by atoms with Crippen molar-refractivity contribution in [1.82, 2.24) is 15.2 Å². The number of nitrogens with zero attached hydrogens (tertiary/aromatic N) is 2. The Bertz CT molecular complexity index is 1040. The molecule has 1 amide bonds. The third-order valence-corrected chi connectivity index (χ3v) is 6.84. The highest BCUT2D eigenvalue weighted by Gasteiger charge is 2.19. The van der Waals surface area contributed by atoms with Crippen molar-refractivity contribution in [3.05, 3.63) is 51.8 Å². The minimum Gasteiger partial charge on any atom is -0.383 e. The molecule has 0 radical (unpaired) electrons. The van der Waals surface area contributed by atoms with Crippen LogP contribution in [0, 0.1) is 12.8 Å². The number of rotatable bonds is 6. The van der Waals surface area contributed by atoms with Gasteiger partial charge in [-0.05, 0) is 75.0 Å². The summed E-state index contributed by atoms with van der Waals surface area (Å²) in [4.78, 5) is 21.3. The zero-order valence-electron chi connectivity index (χ0n) is 17.6. The molecular formula is C23H29N5OS. The van der Waals surface area contributed by atoms with E-state index in [9.17, 15) is 4.79 Å². The Morgan fingerprint density at radius 3 is 2.87 bits per heavy atom. The number of carbonyl (C=O) groups excluding carboxylic acids is 1. The second-order valence-corrected chi connectivity index (χ2v) is 9.42. The van der Waals surface area contributed by atoms with Crippen molar-refractivity contribution < 1.29 is 4.79 Å². The molecule has 3 aromatic rings. The molecule has 1 aliphatic rings. The molecule has 4 rings (SSSR count). The molecular weight excluding hydrogens is 394 g/mol. The van der Waals surface area contributed by atoms with E-state index in [0.29, 0.717) is 18.3 Å². The second-order valence-electron chi connectivity index (χ2n) is 8.16. The van der Waals surface area contributed by atoms with Gasteiger partial charge in [-0.3, -0.25) is 4.79 Å². The number of nitrogens with two attached hydrogens (primary N) is 1. The Morgan fingerprint density at radius 2 is 2.07 bits per heavy atom. The minimum atomic E-state index is -0.0340. The average molecular weight is 424 g/mol. The number of pyridine rings is 1. The van der Waals surface area contributed by atoms with Crippen molar-refractivity contribution in [2.45, 2.75) is 26.3 Å². The third-order valence-electron chi connectivity index (χ3n) is 5.79. The molecule has 30 heavy (non-hydrogen) atoms. The number of aromatic nitrogens is 1. The normalized spacial score (nSPS) is 15.4. The van der Waals surface area contributed by atoms with Crippen LogP contribution >= 0.6 is 11.3 Å². The number of carbonyl (C=O) groups is 1. The standard InChI is InChI=1S/C23H29N5OS/c1-15-11-20(26-13-16-6-9-28(2)10-7-16)21(30-15)23(29)27-14-17-3-4-19-18(12-17)5-8-25-22(19)24/h3-5,8,11-12,16,26H,6-7,9-10,13-14H2,1-2H3,(H2,24,25)(H,27,29). The summed E-state index contributed by atoms with van der Waals surface area (Å²) in [7, 11) is 2.18. The highest BCUT2D eigenvalue weighted by molar-refractivity contribution is 7.14. The Balaban J connectivity index is 1.39. The van der Waals surface area contributed by atoms with Gasteiger partial charge < -0.3 is 21.3 Å². The highest BCUT2D eigenvalue weighted by Crippen LogP contribution is 2.28. The lowest BCUT2D eigenvalue weighted by Crippen LogP contribution is -2.33. The van der Waals surface area contributed by atoms with Gasteiger partial charge >= 0.3 is 0 Å². The van der Waals surface area contributed by atoms with Gasteiger partial charge in [-0.15, -0.1) is 11.3 Å². The molecule has 0 saturated carbocycles. The summed E-state index contributed by atoms with van der Waals surface area (Å²) in [5.74, 6) is 1.16. The summed E-state index contributed by atoms with van der Waals surface area (Å²) >= 11 is 1.54. The number of fused-ring (bicyclic) bond motifs is 1. The molecule has 4 N–H and O–H groups in total. The molecule has 7 heteroatoms. The van der Waals surface area contributed by atoms with E-state index < -0.39 is 0 Å². The number of nitrogens with one attached hydrogen (secondary N) is 2. The first-order valence-electron chi connectivity index (χ1n) is 10.4. The van der Waals surface area contributed by atoms with Crippen molar-refractivity contribution in [1.29, 1.82) is 0 Å². The van der Waals surface area contributed by atoms with Crippen LogP contribution < -0.4 is 16.4 Å². The smallest absolute Gasteiger partial charge is 0.263 e. The monoisotopic (exact) mass is 423 g/mol. The average Bonchev–Trinajstić information content (AvgIpc) is 3.12. The minimum absolute atomic E-state index is 0.0340. The van der Waals surface area contributed by atoms with Crippen LogP contribution in [0.15, 0.2) is 36.5 Å². The van der Waals surface area contributed by atoms with Crippen molar-refractivity contribution in [2.75, 3.05) is 37.7 Å². The van der Waals surface area contributed by atoms with E-state index >= 15 is 0 Å². The molecule has 0 spiro atoms. The van der Waals surface area contributed by atoms with Crippen molar-refractivity contribution in [3.63, 3.8) is 0 Å². The van der Waals surface area contributed by atoms with Crippen LogP contribution in [0.4, 0.5) is 11.5 Å². The van der Waals surface area contributed by atoms with Gasteiger partial charge in [-0.25, -0.2) is 4.98 Å². The number of piperidine rings is 1. The van der Waals surface area contributed by atoms with E-state index in [2.05, 4.69) is 33.6 Å². The molecule has 1 fully saturated rings. The van der Waals surface area contributed by atoms with E-state index in [-0.39, 0.29) is 5.91 Å². The topological polar surface area (TPSA) is 83.3 Å². The first kappa shape index (κ1) is 20.6. The fraction of sp³-hybridized carbons (Fsp3) is 0.391. The van der Waals surface area contributed by atoms with Gasteiger partial charge in [0.2, 0.25) is 0 Å². The summed E-state index contributed by atoms with van der Waals surface area (Å²) < 4.78 is 0. The van der Waals surface area contributed by atoms with Crippen LogP contribution in [0.3, 0.4) is 0 Å². The van der Waals surface area contributed by atoms with E-state index in [0.717, 1.165) is 51.4 Å². The van der Waals surface area contributed by atoms with Crippen molar-refractivity contribution in [3.8, 4) is 0 Å². The lowest BCUT2D eigenvalue weighted by Gasteiger charge is -2.29. The van der Waals surface area contributed by atoms with E-state index in [4.69, 9.17) is 5.73 Å². The largest absolute Gasteiger partial charge is 0.383 e. The number of hydrogen-bond donors (Lipinski definition) is 3. The van der Waals surface area contributed by atoms with Gasteiger partial charge in [0.15, 0.2) is 0 Å². The van der Waals surface area contributed by atoms with Gasteiger partial charge in [-0.2, -0.15) is 0 Å². The molecule has 3 heterocycles. The molecule has 0 atom stereocenters. The Morgan fingerprint density at radius 1 is 1.27 bits per heavy atom. The molecule has 6 nitrogen and oxygen atoms in total. The molecule has 1 aliphatic heterocycles. The Hall–Kier alpha value is -2.64. The summed E-state index contributed by atoms with van der Waals surface area (Å²) in [6.45, 7) is 5.74. The van der Waals surface area contributed by atoms with Gasteiger partial charge in [0, 0.05) is 29.5 Å². The van der Waals surface area contributed by atoms with Crippen molar-refractivity contribution >= 4 is 39.5 Å². The predicted molar refractivity (Wildman–Crippen MR) is 125 cm³/mol. The van der Waals surface area contributed by atoms with Crippen molar-refractivity contribution in [2.24, 2.45) is 5.92 Å². The SMILES string of the molecule is Cc1cc(NCC2CCN(C)CC2)c(C(=O)NCc2ccc3c(N)nccc3c2)s1. The zero-order chi connectivity index (χ0) is 21.1. The fourth-order valence-corrected chi connectivity index (χ4v) is 4.86. The van der Waals surface area contributed by atoms with Crippen LogP contribution in [0.2, 0.25) is 0 Å². The fourth-order valence-electron chi connectivity index (χ4n) is 3.96. The number of nitrogen functional groups attached to an aromatic ring is 1. The number of likely N-dealkylation sites (tertiary alicyclic amines) is 1. The molecule has 1 saturated heterocycles. The molecule has 1 aromatic carbocycles. The maximum atomic E-state index is 12.9. The van der Waals surface area contributed by atoms with E-state index in [1.54, 1.807) is 17.5 Å². The molecule has 0 unspecified atom stereocenters. The van der Waals surface area contributed by atoms with Crippen LogP contribution in [-0.2, 0) is 6.54 Å². The molecule has 0 aliphatic carbocycles. The molecule has 0 bridgehead atoms. The zero-order valence-corrected chi connectivity index (χ0v) is 18.4. The van der Waals surface area contributed by atoms with Gasteiger partial charge in [0.1, 0.15) is 10.7 Å². The van der Waals surface area contributed by atoms with Crippen LogP contribution in [0.25, 0.3) is 10.8 Å². The number of anilines is 2. The van der Waals surface area contributed by atoms with Gasteiger partial charge in [0.25, 0.3) is 5.91 Å². The first-order valence-corrected chi connectivity index (χ1v) is 11.3. The maximum Gasteiger partial charge on any atom is 0.263 e. The third kappa shape index (κ3) is 4.74. The van der Waals surface area contributed by atoms with E-state index in [1.807, 2.05) is 31.2 Å². The summed E-state index contributed by atoms with van der Waals surface area (Å²) in [5.41, 5.74) is 7.91. The maximum absolute atomic E-state index is 12.9. The van der Waals surface area contributed by atoms with Crippen LogP contribution in [0.1, 0.15) is 33.0 Å². The number of hydrogen-bond acceptors (Lipinski definition) is 6. The number of thiophene rings is 1. The lowest BCUT2D eigenvalue weighted by molar-refractivity contribution is 0.0955. The van der Waals surface area contributed by atoms with E-state index in [1.165, 1.54) is 12.8 Å². The molecule has 158 valence electrons. The second kappa shape index (κ2) is 9.02. The van der Waals surface area contributed by atoms with Gasteiger partial charge in [0.05, 0.1) is 5.69 Å².